The number of carbonyl (C=O) groups is 1. The summed E-state index contributed by atoms with van der Waals surface area (Å²) in [6, 6.07) is 10.2. The van der Waals surface area contributed by atoms with E-state index < -0.39 is 0 Å². The Hall–Kier alpha value is -3.37. The summed E-state index contributed by atoms with van der Waals surface area (Å²) in [4.78, 5) is 29.2. The number of morpholine rings is 1. The molecule has 3 saturated heterocycles. The number of rotatable bonds is 9. The van der Waals surface area contributed by atoms with Crippen LogP contribution in [-0.4, -0.2) is 92.0 Å². The van der Waals surface area contributed by atoms with Gasteiger partial charge in [-0.1, -0.05) is 11.6 Å². The number of piperazine rings is 1. The predicted octanol–water partition coefficient (Wildman–Crippen LogP) is 3.73. The van der Waals surface area contributed by atoms with E-state index in [9.17, 15) is 4.79 Å². The van der Waals surface area contributed by atoms with Crippen molar-refractivity contribution in [1.82, 2.24) is 20.2 Å². The zero-order valence-electron chi connectivity index (χ0n) is 24.3. The van der Waals surface area contributed by atoms with Crippen LogP contribution in [0.5, 0.6) is 0 Å². The summed E-state index contributed by atoms with van der Waals surface area (Å²) in [5.74, 6) is 2.58. The lowest BCUT2D eigenvalue weighted by atomic mass is 10.2. The first kappa shape index (κ1) is 28.2. The van der Waals surface area contributed by atoms with Crippen LogP contribution in [0.25, 0.3) is 0 Å². The van der Waals surface area contributed by atoms with Gasteiger partial charge in [0.1, 0.15) is 17.5 Å². The Kier molecular flexibility index (Phi) is 9.06. The van der Waals surface area contributed by atoms with Gasteiger partial charge >= 0.3 is 6.03 Å². The number of nitrogens with zero attached hydrogens (tertiary/aromatic N) is 5. The van der Waals surface area contributed by atoms with Gasteiger partial charge in [0, 0.05) is 75.7 Å². The predicted molar refractivity (Wildman–Crippen MR) is 162 cm³/mol. The third-order valence-electron chi connectivity index (χ3n) is 7.71. The smallest absolute Gasteiger partial charge is 0.319 e. The number of hydrogen-bond acceptors (Lipinski definition) is 8. The monoisotopic (exact) mass is 548 g/mol. The first-order valence-corrected chi connectivity index (χ1v) is 14.6. The zero-order valence-corrected chi connectivity index (χ0v) is 24.3. The summed E-state index contributed by atoms with van der Waals surface area (Å²) in [6.07, 6.45) is 5.49. The molecule has 1 aromatic carbocycles. The van der Waals surface area contributed by atoms with Crippen LogP contribution in [0.4, 0.5) is 27.8 Å². The van der Waals surface area contributed by atoms with Gasteiger partial charge in [-0.25, -0.2) is 14.8 Å². The van der Waals surface area contributed by atoms with E-state index in [1.807, 2.05) is 18.2 Å². The maximum Gasteiger partial charge on any atom is 0.319 e. The molecule has 1 aromatic heterocycles. The fourth-order valence-corrected chi connectivity index (χ4v) is 5.53. The second kappa shape index (κ2) is 12.9. The molecule has 0 radical (unpaired) electrons. The second-order valence-corrected chi connectivity index (χ2v) is 11.6. The quantitative estimate of drug-likeness (QED) is 0.408. The average molecular weight is 549 g/mol. The molecule has 3 aliphatic rings. The maximum absolute atomic E-state index is 12.5. The third-order valence-corrected chi connectivity index (χ3v) is 7.71. The number of ether oxygens (including phenoxy) is 1. The first-order valence-electron chi connectivity index (χ1n) is 14.6. The molecule has 10 nitrogen and oxygen atoms in total. The molecular weight excluding hydrogens is 504 g/mol. The van der Waals surface area contributed by atoms with E-state index in [-0.39, 0.29) is 12.1 Å². The number of nitrogens with one attached hydrogen (secondary N) is 3. The van der Waals surface area contributed by atoms with Crippen molar-refractivity contribution in [3.63, 3.8) is 0 Å². The number of anilines is 4. The number of urea groups is 1. The number of carbonyl (C=O) groups excluding carboxylic acids is 1. The van der Waals surface area contributed by atoms with Crippen molar-refractivity contribution in [2.24, 2.45) is 0 Å². The minimum absolute atomic E-state index is 0.222. The Bertz CT molecular complexity index is 1160. The topological polar surface area (TPSA) is 97.9 Å². The van der Waals surface area contributed by atoms with Gasteiger partial charge in [-0.3, -0.25) is 0 Å². The minimum Gasteiger partial charge on any atom is -0.371 e. The first-order chi connectivity index (χ1) is 19.3. The summed E-state index contributed by atoms with van der Waals surface area (Å²) in [5, 5.41) is 9.30. The standard InChI is InChI=1S/C30H44N8O2/c1-21(2)32-28-18-29(38-19-25-9-10-26(20-38)40-25)35-27(34-28)17-22(3)11-12-31-30(39)33-23-5-7-24(8-6-23)37-15-13-36(4)14-16-37/h5-8,11,18,21,25-26H,9-10,12-17,19-20H2,1-4H3,(H2,31,33,39)(H,32,34,35)/b22-11+. The number of allylic oxidation sites excluding steroid dienone is 1. The Labute approximate surface area is 238 Å². The molecule has 2 unspecified atom stereocenters. The molecule has 216 valence electrons. The molecule has 3 N–H and O–H groups in total. The maximum atomic E-state index is 12.5. The van der Waals surface area contributed by atoms with Crippen LogP contribution in [-0.2, 0) is 11.2 Å². The number of hydrogen-bond donors (Lipinski definition) is 3. The highest BCUT2D eigenvalue weighted by atomic mass is 16.5. The average Bonchev–Trinajstić information content (AvgIpc) is 3.26. The molecule has 2 aromatic rings. The van der Waals surface area contributed by atoms with Gasteiger partial charge in [-0.05, 0) is 64.9 Å². The molecule has 2 atom stereocenters. The largest absolute Gasteiger partial charge is 0.371 e. The van der Waals surface area contributed by atoms with Gasteiger partial charge in [0.15, 0.2) is 0 Å². The van der Waals surface area contributed by atoms with Crippen LogP contribution < -0.4 is 25.8 Å². The van der Waals surface area contributed by atoms with E-state index in [2.05, 4.69) is 76.7 Å². The van der Waals surface area contributed by atoms with Gasteiger partial charge in [0.2, 0.25) is 0 Å². The van der Waals surface area contributed by atoms with Crippen molar-refractivity contribution in [1.29, 1.82) is 0 Å². The van der Waals surface area contributed by atoms with Gasteiger partial charge in [-0.15, -0.1) is 0 Å². The van der Waals surface area contributed by atoms with Crippen molar-refractivity contribution in [2.75, 3.05) is 73.3 Å². The van der Waals surface area contributed by atoms with Crippen LogP contribution in [0.15, 0.2) is 42.0 Å². The van der Waals surface area contributed by atoms with E-state index in [4.69, 9.17) is 14.7 Å². The van der Waals surface area contributed by atoms with Crippen LogP contribution in [0.1, 0.15) is 39.4 Å². The molecule has 3 fully saturated rings. The molecule has 0 saturated carbocycles. The van der Waals surface area contributed by atoms with Crippen LogP contribution in [0, 0.1) is 0 Å². The fraction of sp³-hybridized carbons (Fsp3) is 0.567. The highest BCUT2D eigenvalue weighted by Gasteiger charge is 2.34. The number of aromatic nitrogens is 2. The Balaban J connectivity index is 1.13. The number of amides is 2. The molecule has 2 bridgehead atoms. The number of benzene rings is 1. The van der Waals surface area contributed by atoms with Gasteiger partial charge < -0.3 is 35.4 Å². The highest BCUT2D eigenvalue weighted by molar-refractivity contribution is 5.89. The van der Waals surface area contributed by atoms with E-state index in [1.165, 1.54) is 5.69 Å². The molecule has 3 aliphatic heterocycles. The van der Waals surface area contributed by atoms with Crippen molar-refractivity contribution in [3.8, 4) is 0 Å². The Morgan fingerprint density at radius 3 is 2.42 bits per heavy atom. The molecule has 40 heavy (non-hydrogen) atoms. The SMILES string of the molecule is C/C(=C\CNC(=O)Nc1ccc(N2CCN(C)CC2)cc1)Cc1nc(NC(C)C)cc(N2CC3CCC(C2)O3)n1. The van der Waals surface area contributed by atoms with E-state index in [1.54, 1.807) is 0 Å². The van der Waals surface area contributed by atoms with Gasteiger partial charge in [-0.2, -0.15) is 0 Å². The number of fused-ring (bicyclic) bond motifs is 2. The lowest BCUT2D eigenvalue weighted by Crippen LogP contribution is -2.44. The molecule has 10 heteroatoms. The van der Waals surface area contributed by atoms with Crippen LogP contribution >= 0.6 is 0 Å². The lowest BCUT2D eigenvalue weighted by molar-refractivity contribution is 0.0302. The van der Waals surface area contributed by atoms with Crippen molar-refractivity contribution < 1.29 is 9.53 Å². The van der Waals surface area contributed by atoms with Crippen LogP contribution in [0.2, 0.25) is 0 Å². The van der Waals surface area contributed by atoms with Crippen molar-refractivity contribution in [2.45, 2.75) is 58.3 Å². The molecular formula is C30H44N8O2. The number of likely N-dealkylation sites (N-methyl/N-ethyl adjacent to an activating group) is 1. The third kappa shape index (κ3) is 7.63. The molecule has 4 heterocycles. The minimum atomic E-state index is -0.222. The second-order valence-electron chi connectivity index (χ2n) is 11.6. The summed E-state index contributed by atoms with van der Waals surface area (Å²) >= 11 is 0. The molecule has 0 spiro atoms. The molecule has 0 aliphatic carbocycles. The summed E-state index contributed by atoms with van der Waals surface area (Å²) in [6.45, 7) is 12.6. The van der Waals surface area contributed by atoms with Crippen molar-refractivity contribution in [3.05, 3.63) is 47.8 Å². The van der Waals surface area contributed by atoms with E-state index in [0.717, 1.165) is 80.8 Å². The van der Waals surface area contributed by atoms with E-state index >= 15 is 0 Å². The van der Waals surface area contributed by atoms with Crippen molar-refractivity contribution >= 4 is 29.0 Å². The summed E-state index contributed by atoms with van der Waals surface area (Å²) in [5.41, 5.74) is 3.08. The molecule has 2 amide bonds. The lowest BCUT2D eigenvalue weighted by Gasteiger charge is -2.34. The summed E-state index contributed by atoms with van der Waals surface area (Å²) < 4.78 is 6.02. The fourth-order valence-electron chi connectivity index (χ4n) is 5.53. The van der Waals surface area contributed by atoms with Gasteiger partial charge in [0.05, 0.1) is 12.2 Å². The van der Waals surface area contributed by atoms with Gasteiger partial charge in [0.25, 0.3) is 0 Å². The Morgan fingerprint density at radius 1 is 1.05 bits per heavy atom. The highest BCUT2D eigenvalue weighted by Crippen LogP contribution is 2.30. The van der Waals surface area contributed by atoms with E-state index in [0.29, 0.717) is 25.2 Å². The normalized spacial score (nSPS) is 21.6. The Morgan fingerprint density at radius 2 is 1.75 bits per heavy atom. The van der Waals surface area contributed by atoms with Crippen LogP contribution in [0.3, 0.4) is 0 Å². The zero-order chi connectivity index (χ0) is 28.1. The summed E-state index contributed by atoms with van der Waals surface area (Å²) in [7, 11) is 2.15. The molecule has 5 rings (SSSR count).